The number of carbonyl (C=O) groups is 2. The van der Waals surface area contributed by atoms with E-state index in [-0.39, 0.29) is 83.2 Å². The second-order valence-electron chi connectivity index (χ2n) is 19.6. The zero-order chi connectivity index (χ0) is 70.7. The number of allylic oxidation sites excluding steroid dienone is 2. The van der Waals surface area contributed by atoms with Gasteiger partial charge in [0.05, 0.1) is 12.4 Å². The average molecular weight is 1310 g/mol. The molecule has 0 aliphatic rings. The van der Waals surface area contributed by atoms with E-state index < -0.39 is 0 Å². The minimum atomic E-state index is -0.333. The van der Waals surface area contributed by atoms with E-state index in [1.165, 1.54) is 22.2 Å². The molecule has 6 aromatic rings. The number of nitrogens with two attached hydrogens (primary N) is 7. The Bertz CT molecular complexity index is 4410. The normalized spacial score (nSPS) is 8.94. The average Bonchev–Trinajstić information content (AvgIpc) is 0.948. The monoisotopic (exact) mass is 1310 g/mol. The number of aromatic nitrogens is 7. The summed E-state index contributed by atoms with van der Waals surface area (Å²) in [5, 5.41) is 20.9. The number of nitrogen functional groups attached to an aromatic ring is 5. The van der Waals surface area contributed by atoms with E-state index in [9.17, 15) is 14.9 Å². The third-order valence-corrected chi connectivity index (χ3v) is 10.8. The molecular formula is C70H71ClN20O5. The van der Waals surface area contributed by atoms with Gasteiger partial charge in [-0.2, -0.15) is 15.2 Å². The number of carbonyl (C=O) groups excluding carboxylic acids is 2. The number of hydrogen-bond donors (Lipinski definition) is 10. The fourth-order valence-corrected chi connectivity index (χ4v) is 6.31. The van der Waals surface area contributed by atoms with Gasteiger partial charge < -0.3 is 64.1 Å². The topological polar surface area (TPSA) is 412 Å². The Morgan fingerprint density at radius 3 is 1.29 bits per heavy atom. The predicted octanol–water partition coefficient (Wildman–Crippen LogP) is 7.84. The third-order valence-electron chi connectivity index (χ3n) is 10.8. The molecule has 0 aliphatic carbocycles. The van der Waals surface area contributed by atoms with Crippen molar-refractivity contribution in [3.63, 3.8) is 0 Å². The zero-order valence-electron chi connectivity index (χ0n) is 54.6. The van der Waals surface area contributed by atoms with Crippen molar-refractivity contribution in [3.8, 4) is 154 Å². The molecule has 0 saturated heterocycles. The van der Waals surface area contributed by atoms with Crippen LogP contribution in [0.2, 0.25) is 0 Å². The standard InChI is InChI=1S/C21H24N4O2.C21H4.C15H21N7O2.C12H16N6O.CH5N3.ClH/c1-15(2)18-14-23-20(24-21(26)25(3)4)12-19(18)27-17(13-22)11-10-16-8-6-5-7-9-16;1-3-5-7-9-11-13-15-17-19-21-20-18-16-14-12-10-8-6-4-2;1-8(2)9-6-18-12(20-15(23)22(3)4)5-10(9)24-11-7-19-14(17)21-13(11)16;1-6(2)7-4-16-10(13)3-8(7)19-9-5-17-12(15)18-11(9)14;2-1(3)4;/h5-9,11-12,14-15H,10H2,1-4H3,(H,23,24,26);1H,2H3;5-8H,1-4H3,(H,18,20,23)(H4,16,17,19,21);3-6H,1-2H3,(H2,13,16)(H4,14,15,17,18);(H5,2,3,4);1H/b17-11+;;;;;. The van der Waals surface area contributed by atoms with Crippen molar-refractivity contribution in [3.05, 3.63) is 114 Å². The number of nitrogens with zero attached hydrogens (tertiary/aromatic N) is 10. The van der Waals surface area contributed by atoms with Crippen molar-refractivity contribution < 1.29 is 23.8 Å². The molecule has 6 rings (SSSR count). The number of benzene rings is 1. The number of anilines is 7. The lowest BCUT2D eigenvalue weighted by Crippen LogP contribution is -2.27. The summed E-state index contributed by atoms with van der Waals surface area (Å²) in [6.07, 6.45) is 15.1. The van der Waals surface area contributed by atoms with E-state index >= 15 is 0 Å². The highest BCUT2D eigenvalue weighted by Crippen LogP contribution is 2.35. The summed E-state index contributed by atoms with van der Waals surface area (Å²) in [7, 11) is 6.58. The summed E-state index contributed by atoms with van der Waals surface area (Å²) in [5.74, 6) is 51.1. The smallest absolute Gasteiger partial charge is 0.322 e. The molecule has 0 aliphatic heterocycles. The van der Waals surface area contributed by atoms with E-state index in [0.29, 0.717) is 46.9 Å². The van der Waals surface area contributed by atoms with Crippen LogP contribution in [0.1, 0.15) is 88.5 Å². The van der Waals surface area contributed by atoms with Crippen molar-refractivity contribution in [2.45, 2.75) is 72.6 Å². The van der Waals surface area contributed by atoms with Gasteiger partial charge in [0, 0.05) is 93.5 Å². The highest BCUT2D eigenvalue weighted by Gasteiger charge is 2.18. The summed E-state index contributed by atoms with van der Waals surface area (Å²) in [6, 6.07) is 16.3. The van der Waals surface area contributed by atoms with Gasteiger partial charge in [-0.05, 0) is 137 Å². The van der Waals surface area contributed by atoms with Crippen LogP contribution in [0.4, 0.5) is 50.6 Å². The number of halogens is 1. The molecule has 0 bridgehead atoms. The second kappa shape index (κ2) is 44.6. The molecular weight excluding hydrogens is 1240 g/mol. The number of pyridine rings is 3. The van der Waals surface area contributed by atoms with Crippen LogP contribution in [0.15, 0.2) is 91.4 Å². The van der Waals surface area contributed by atoms with Crippen LogP contribution in [-0.2, 0) is 6.42 Å². The fraction of sp³-hybridized carbons (Fsp3) is 0.214. The quantitative estimate of drug-likeness (QED) is 0.0173. The van der Waals surface area contributed by atoms with E-state index in [4.69, 9.17) is 54.7 Å². The Morgan fingerprint density at radius 1 is 0.562 bits per heavy atom. The number of terminal acetylenes is 1. The summed E-state index contributed by atoms with van der Waals surface area (Å²) in [5.41, 5.74) is 40.8. The maximum Gasteiger partial charge on any atom is 0.322 e. The third kappa shape index (κ3) is 32.6. The lowest BCUT2D eigenvalue weighted by Gasteiger charge is -2.16. The van der Waals surface area contributed by atoms with Crippen LogP contribution in [0.25, 0.3) is 0 Å². The van der Waals surface area contributed by atoms with Gasteiger partial charge in [0.25, 0.3) is 0 Å². The molecule has 5 aromatic heterocycles. The zero-order valence-corrected chi connectivity index (χ0v) is 55.4. The van der Waals surface area contributed by atoms with Gasteiger partial charge in [-0.3, -0.25) is 16.0 Å². The highest BCUT2D eigenvalue weighted by molar-refractivity contribution is 5.89. The number of ether oxygens (including phenoxy) is 3. The molecule has 17 N–H and O–H groups in total. The van der Waals surface area contributed by atoms with Gasteiger partial charge in [0.15, 0.2) is 34.9 Å². The van der Waals surface area contributed by atoms with Crippen LogP contribution < -0.4 is 65.0 Å². The lowest BCUT2D eigenvalue weighted by atomic mass is 10.0. The number of nitriles is 1. The summed E-state index contributed by atoms with van der Waals surface area (Å²) >= 11 is 0. The molecule has 0 radical (unpaired) electrons. The maximum atomic E-state index is 11.9. The Labute approximate surface area is 566 Å². The number of urea groups is 2. The van der Waals surface area contributed by atoms with Crippen LogP contribution >= 0.6 is 12.4 Å². The predicted molar refractivity (Wildman–Crippen MR) is 379 cm³/mol. The first-order valence-corrected chi connectivity index (χ1v) is 27.9. The van der Waals surface area contributed by atoms with E-state index in [2.05, 4.69) is 176 Å². The van der Waals surface area contributed by atoms with Gasteiger partial charge in [-0.25, -0.2) is 34.5 Å². The molecule has 4 amide bonds. The summed E-state index contributed by atoms with van der Waals surface area (Å²) < 4.78 is 17.4. The summed E-state index contributed by atoms with van der Waals surface area (Å²) in [4.78, 5) is 54.4. The van der Waals surface area contributed by atoms with Crippen LogP contribution in [0.3, 0.4) is 0 Å². The Morgan fingerprint density at radius 2 is 0.927 bits per heavy atom. The van der Waals surface area contributed by atoms with Gasteiger partial charge in [0.2, 0.25) is 11.9 Å². The Balaban J connectivity index is 0.000000630. The SMILES string of the molecule is C#CC#CC#CC#CC#CC#CC#CC#CC#CC#CC.CC(C)c1cnc(N)cc1Oc1cnc(N)nc1N.CC(C)c1cnc(NC(=O)N(C)C)cc1O/C(C#N)=C/Cc1ccccc1.CC(C)c1cnc(NC(=O)N(C)C)cc1Oc1cnc(N)nc1N.Cl.N=C(N)N. The van der Waals surface area contributed by atoms with E-state index in [1.54, 1.807) is 78.0 Å². The number of amides is 4. The van der Waals surface area contributed by atoms with E-state index in [0.717, 1.165) is 22.3 Å². The number of nitrogens with one attached hydrogen (secondary N) is 3. The molecule has 1 aromatic carbocycles. The molecule has 0 saturated carbocycles. The van der Waals surface area contributed by atoms with Gasteiger partial charge in [0.1, 0.15) is 40.8 Å². The Hall–Kier alpha value is -13.8. The lowest BCUT2D eigenvalue weighted by molar-refractivity contribution is 0.230. The minimum Gasteiger partial charge on any atom is -0.451 e. The van der Waals surface area contributed by atoms with Crippen molar-refractivity contribution in [2.75, 3.05) is 67.5 Å². The molecule has 0 spiro atoms. The van der Waals surface area contributed by atoms with Crippen molar-refractivity contribution in [1.82, 2.24) is 44.7 Å². The van der Waals surface area contributed by atoms with E-state index in [1.807, 2.05) is 71.9 Å². The van der Waals surface area contributed by atoms with Crippen LogP contribution in [0.5, 0.6) is 28.7 Å². The maximum absolute atomic E-state index is 11.9. The largest absolute Gasteiger partial charge is 0.451 e. The molecule has 0 unspecified atom stereocenters. The minimum absolute atomic E-state index is 0. The molecule has 26 heteroatoms. The molecule has 5 heterocycles. The van der Waals surface area contributed by atoms with Gasteiger partial charge in [-0.1, -0.05) is 77.8 Å². The van der Waals surface area contributed by atoms with Gasteiger partial charge in [-0.15, -0.1) is 18.8 Å². The number of hydrogen-bond acceptors (Lipinski definition) is 19. The Kier molecular flexibility index (Phi) is 37.2. The molecule has 96 heavy (non-hydrogen) atoms. The van der Waals surface area contributed by atoms with Crippen molar-refractivity contribution in [1.29, 1.82) is 10.7 Å². The second-order valence-corrected chi connectivity index (χ2v) is 19.6. The number of rotatable bonds is 13. The van der Waals surface area contributed by atoms with Crippen molar-refractivity contribution >= 4 is 71.4 Å². The molecule has 0 fully saturated rings. The molecule has 0 atom stereocenters. The number of guanidine groups is 1. The summed E-state index contributed by atoms with van der Waals surface area (Å²) in [6.45, 7) is 13.8. The highest BCUT2D eigenvalue weighted by atomic mass is 35.5. The van der Waals surface area contributed by atoms with Crippen LogP contribution in [0, 0.1) is 136 Å². The first kappa shape index (κ1) is 80.2. The van der Waals surface area contributed by atoms with Crippen molar-refractivity contribution in [2.24, 2.45) is 11.5 Å². The van der Waals surface area contributed by atoms with Crippen LogP contribution in [-0.4, -0.2) is 90.9 Å². The fourth-order valence-electron chi connectivity index (χ4n) is 6.31. The molecule has 488 valence electrons. The van der Waals surface area contributed by atoms with Gasteiger partial charge >= 0.3 is 12.1 Å². The molecule has 25 nitrogen and oxygen atoms in total. The first-order valence-electron chi connectivity index (χ1n) is 27.9. The first-order chi connectivity index (χ1) is 45.3.